The Hall–Kier alpha value is -0.780. The van der Waals surface area contributed by atoms with Gasteiger partial charge < -0.3 is 5.11 Å². The van der Waals surface area contributed by atoms with Crippen molar-refractivity contribution in [1.82, 2.24) is 4.72 Å². The maximum absolute atomic E-state index is 12.3. The van der Waals surface area contributed by atoms with Crippen molar-refractivity contribution in [3.63, 3.8) is 0 Å². The topological polar surface area (TPSA) is 90.2 Å². The number of halogens is 2. The molecule has 0 aromatic rings. The zero-order chi connectivity index (χ0) is 10.5. The molecule has 0 radical (unpaired) electrons. The summed E-state index contributed by atoms with van der Waals surface area (Å²) in [6.45, 7) is -2.64. The van der Waals surface area contributed by atoms with E-state index < -0.39 is 34.9 Å². The van der Waals surface area contributed by atoms with Crippen molar-refractivity contribution in [2.45, 2.75) is 5.92 Å². The molecule has 0 amide bonds. The van der Waals surface area contributed by atoms with E-state index in [1.807, 2.05) is 0 Å². The highest BCUT2D eigenvalue weighted by molar-refractivity contribution is 7.89. The summed E-state index contributed by atoms with van der Waals surface area (Å²) in [6.07, 6.45) is 0. The van der Waals surface area contributed by atoms with Gasteiger partial charge in [0.25, 0.3) is 5.92 Å². The molecule has 0 fully saturated rings. The maximum Gasteiger partial charge on any atom is 0.283 e. The van der Waals surface area contributed by atoms with Gasteiger partial charge >= 0.3 is 0 Å². The first-order chi connectivity index (χ1) is 5.83. The number of hydrogen-bond donors (Lipinski definition) is 2. The molecule has 8 heteroatoms. The molecule has 0 aliphatic heterocycles. The van der Waals surface area contributed by atoms with Gasteiger partial charge in [-0.2, -0.15) is 5.26 Å². The van der Waals surface area contributed by atoms with E-state index in [0.29, 0.717) is 0 Å². The highest BCUT2D eigenvalue weighted by Gasteiger charge is 2.29. The fourth-order valence-electron chi connectivity index (χ4n) is 0.407. The van der Waals surface area contributed by atoms with Crippen molar-refractivity contribution in [3.05, 3.63) is 0 Å². The molecule has 76 valence electrons. The van der Waals surface area contributed by atoms with E-state index >= 15 is 0 Å². The fourth-order valence-corrected chi connectivity index (χ4v) is 1.11. The molecule has 13 heavy (non-hydrogen) atoms. The van der Waals surface area contributed by atoms with E-state index in [2.05, 4.69) is 0 Å². The molecule has 5 nitrogen and oxygen atoms in total. The molecule has 0 saturated carbocycles. The Balaban J connectivity index is 4.12. The molecule has 0 spiro atoms. The second-order valence-corrected chi connectivity index (χ2v) is 4.06. The van der Waals surface area contributed by atoms with Crippen LogP contribution in [0.15, 0.2) is 0 Å². The van der Waals surface area contributed by atoms with Crippen LogP contribution in [0.1, 0.15) is 0 Å². The quantitative estimate of drug-likeness (QED) is 0.617. The van der Waals surface area contributed by atoms with Crippen LogP contribution in [-0.2, 0) is 10.0 Å². The van der Waals surface area contributed by atoms with Gasteiger partial charge in [0.1, 0.15) is 6.61 Å². The second kappa shape index (κ2) is 4.45. The summed E-state index contributed by atoms with van der Waals surface area (Å²) in [5, 5.41) is 16.1. The first kappa shape index (κ1) is 12.2. The smallest absolute Gasteiger partial charge is 0.283 e. The van der Waals surface area contributed by atoms with Crippen LogP contribution in [-0.4, -0.2) is 38.4 Å². The summed E-state index contributed by atoms with van der Waals surface area (Å²) in [5.74, 6) is -4.38. The lowest BCUT2D eigenvalue weighted by molar-refractivity contribution is -0.0437. The minimum absolute atomic E-state index is 0.880. The van der Waals surface area contributed by atoms with Crippen molar-refractivity contribution < 1.29 is 22.3 Å². The number of rotatable bonds is 5. The number of nitrogens with zero attached hydrogens (tertiary/aromatic N) is 1. The van der Waals surface area contributed by atoms with Crippen molar-refractivity contribution in [3.8, 4) is 6.07 Å². The molecule has 0 aromatic heterocycles. The van der Waals surface area contributed by atoms with Gasteiger partial charge in [-0.1, -0.05) is 0 Å². The molecule has 0 bridgehead atoms. The van der Waals surface area contributed by atoms with Crippen molar-refractivity contribution in [2.24, 2.45) is 0 Å². The number of nitriles is 1. The standard InChI is InChI=1S/C5H8F2N2O3S/c6-5(7,4-10)3-9-13(11,12)2-1-8/h9-10H,2-4H2. The molecular formula is C5H8F2N2O3S. The van der Waals surface area contributed by atoms with Gasteiger partial charge in [0.05, 0.1) is 12.6 Å². The summed E-state index contributed by atoms with van der Waals surface area (Å²) in [7, 11) is -3.98. The molecule has 0 rings (SSSR count). The summed E-state index contributed by atoms with van der Waals surface area (Å²) in [5.41, 5.74) is 0. The monoisotopic (exact) mass is 214 g/mol. The molecule has 0 unspecified atom stereocenters. The van der Waals surface area contributed by atoms with Crippen LogP contribution in [0.3, 0.4) is 0 Å². The number of sulfonamides is 1. The normalized spacial score (nSPS) is 12.5. The highest BCUT2D eigenvalue weighted by Crippen LogP contribution is 2.10. The number of alkyl halides is 2. The van der Waals surface area contributed by atoms with Crippen LogP contribution in [0.4, 0.5) is 8.78 Å². The van der Waals surface area contributed by atoms with E-state index in [0.717, 1.165) is 0 Å². The first-order valence-corrected chi connectivity index (χ1v) is 4.81. The third kappa shape index (κ3) is 5.46. The fraction of sp³-hybridized carbons (Fsp3) is 0.800. The molecular weight excluding hydrogens is 206 g/mol. The SMILES string of the molecule is N#CCS(=O)(=O)NCC(F)(F)CO. The molecule has 0 atom stereocenters. The van der Waals surface area contributed by atoms with Gasteiger partial charge in [-0.15, -0.1) is 0 Å². The lowest BCUT2D eigenvalue weighted by Gasteiger charge is -2.12. The Labute approximate surface area is 74.0 Å². The average molecular weight is 214 g/mol. The van der Waals surface area contributed by atoms with Crippen LogP contribution in [0.25, 0.3) is 0 Å². The minimum atomic E-state index is -3.98. The number of aliphatic hydroxyl groups is 1. The predicted molar refractivity (Wildman–Crippen MR) is 39.4 cm³/mol. The Morgan fingerprint density at radius 1 is 1.54 bits per heavy atom. The van der Waals surface area contributed by atoms with Crippen LogP contribution < -0.4 is 4.72 Å². The zero-order valence-corrected chi connectivity index (χ0v) is 7.31. The largest absolute Gasteiger partial charge is 0.390 e. The van der Waals surface area contributed by atoms with Crippen LogP contribution in [0.5, 0.6) is 0 Å². The summed E-state index contributed by atoms with van der Waals surface area (Å²) < 4.78 is 47.3. The summed E-state index contributed by atoms with van der Waals surface area (Å²) in [6, 6.07) is 1.30. The number of nitrogens with one attached hydrogen (secondary N) is 1. The first-order valence-electron chi connectivity index (χ1n) is 3.16. The Morgan fingerprint density at radius 3 is 2.46 bits per heavy atom. The number of aliphatic hydroxyl groups excluding tert-OH is 1. The van der Waals surface area contributed by atoms with Crippen molar-refractivity contribution in [2.75, 3.05) is 18.9 Å². The van der Waals surface area contributed by atoms with E-state index in [1.165, 1.54) is 10.8 Å². The van der Waals surface area contributed by atoms with Gasteiger partial charge in [-0.05, 0) is 0 Å². The molecule has 0 heterocycles. The minimum Gasteiger partial charge on any atom is -0.390 e. The summed E-state index contributed by atoms with van der Waals surface area (Å²) in [4.78, 5) is 0. The second-order valence-electron chi connectivity index (χ2n) is 2.25. The maximum atomic E-state index is 12.3. The molecule has 0 aliphatic rings. The van der Waals surface area contributed by atoms with Crippen molar-refractivity contribution in [1.29, 1.82) is 5.26 Å². The van der Waals surface area contributed by atoms with E-state index in [9.17, 15) is 17.2 Å². The molecule has 0 saturated heterocycles. The zero-order valence-electron chi connectivity index (χ0n) is 6.50. The van der Waals surface area contributed by atoms with Crippen LogP contribution >= 0.6 is 0 Å². The Bertz CT molecular complexity index is 295. The third-order valence-corrected chi connectivity index (χ3v) is 2.13. The molecule has 0 aromatic carbocycles. The Morgan fingerprint density at radius 2 is 2.08 bits per heavy atom. The van der Waals surface area contributed by atoms with E-state index in [1.54, 1.807) is 0 Å². The van der Waals surface area contributed by atoms with Crippen LogP contribution in [0, 0.1) is 11.3 Å². The molecule has 0 aliphatic carbocycles. The van der Waals surface area contributed by atoms with Crippen LogP contribution in [0.2, 0.25) is 0 Å². The predicted octanol–water partition coefficient (Wildman–Crippen LogP) is -0.943. The highest BCUT2D eigenvalue weighted by atomic mass is 32.2. The molecule has 2 N–H and O–H groups in total. The van der Waals surface area contributed by atoms with E-state index in [4.69, 9.17) is 10.4 Å². The lowest BCUT2D eigenvalue weighted by atomic mass is 10.4. The average Bonchev–Trinajstić information content (AvgIpc) is 2.02. The van der Waals surface area contributed by atoms with Gasteiger partial charge in [0.2, 0.25) is 10.0 Å². The number of hydrogen-bond acceptors (Lipinski definition) is 4. The Kier molecular flexibility index (Phi) is 4.19. The third-order valence-electron chi connectivity index (χ3n) is 1.04. The van der Waals surface area contributed by atoms with Gasteiger partial charge in [0, 0.05) is 0 Å². The lowest BCUT2D eigenvalue weighted by Crippen LogP contribution is -2.39. The van der Waals surface area contributed by atoms with Gasteiger partial charge in [-0.3, -0.25) is 0 Å². The van der Waals surface area contributed by atoms with Gasteiger partial charge in [0.15, 0.2) is 5.75 Å². The summed E-state index contributed by atoms with van der Waals surface area (Å²) >= 11 is 0. The van der Waals surface area contributed by atoms with E-state index in [-0.39, 0.29) is 0 Å². The van der Waals surface area contributed by atoms with Crippen molar-refractivity contribution >= 4 is 10.0 Å². The van der Waals surface area contributed by atoms with Gasteiger partial charge in [-0.25, -0.2) is 21.9 Å².